The minimum atomic E-state index is -0.459. The number of aromatic nitrogens is 3. The minimum Gasteiger partial charge on any atom is -0.301 e. The molecule has 0 aliphatic rings. The summed E-state index contributed by atoms with van der Waals surface area (Å²) in [4.78, 5) is 39.2. The van der Waals surface area contributed by atoms with Crippen LogP contribution < -0.4 is 22.5 Å². The first-order chi connectivity index (χ1) is 10.1. The second-order valence-electron chi connectivity index (χ2n) is 4.32. The van der Waals surface area contributed by atoms with E-state index in [2.05, 4.69) is 4.98 Å². The number of nitrogen functional groups attached to an aromatic ring is 1. The van der Waals surface area contributed by atoms with Crippen LogP contribution in [0.5, 0.6) is 0 Å². The Hall–Kier alpha value is -2.74. The van der Waals surface area contributed by atoms with Crippen molar-refractivity contribution in [2.45, 2.75) is 20.0 Å². The Morgan fingerprint density at radius 2 is 2.10 bits per heavy atom. The third kappa shape index (κ3) is 3.06. The number of hydrogen-bond acceptors (Lipinski definition) is 5. The first kappa shape index (κ1) is 14.7. The van der Waals surface area contributed by atoms with Gasteiger partial charge in [0.2, 0.25) is 0 Å². The van der Waals surface area contributed by atoms with Crippen LogP contribution in [0, 0.1) is 0 Å². The van der Waals surface area contributed by atoms with Gasteiger partial charge in [-0.3, -0.25) is 24.6 Å². The quantitative estimate of drug-likeness (QED) is 0.429. The zero-order chi connectivity index (χ0) is 15.4. The van der Waals surface area contributed by atoms with Gasteiger partial charge in [-0.15, -0.1) is 0 Å². The van der Waals surface area contributed by atoms with Gasteiger partial charge in [0.15, 0.2) is 0 Å². The molecule has 0 aromatic carbocycles. The number of nitrogens with two attached hydrogens (primary N) is 1. The van der Waals surface area contributed by atoms with E-state index in [1.165, 1.54) is 29.1 Å². The van der Waals surface area contributed by atoms with Crippen molar-refractivity contribution in [3.8, 4) is 0 Å². The molecule has 3 N–H and O–H groups in total. The maximum atomic E-state index is 12.1. The van der Waals surface area contributed by atoms with Crippen molar-refractivity contribution in [3.05, 3.63) is 62.7 Å². The van der Waals surface area contributed by atoms with Gasteiger partial charge in [-0.05, 0) is 19.1 Å². The van der Waals surface area contributed by atoms with Gasteiger partial charge in [0.25, 0.3) is 11.5 Å². The van der Waals surface area contributed by atoms with Gasteiger partial charge in [0, 0.05) is 25.0 Å². The maximum absolute atomic E-state index is 12.1. The molecule has 8 nitrogen and oxygen atoms in total. The molecule has 0 aliphatic heterocycles. The summed E-state index contributed by atoms with van der Waals surface area (Å²) in [5, 5.41) is 0. The number of rotatable bonds is 4. The normalized spacial score (nSPS) is 10.4. The highest BCUT2D eigenvalue weighted by atomic mass is 16.2. The highest BCUT2D eigenvalue weighted by Gasteiger charge is 2.08. The van der Waals surface area contributed by atoms with Crippen molar-refractivity contribution in [1.29, 1.82) is 0 Å². The summed E-state index contributed by atoms with van der Waals surface area (Å²) in [6.45, 7) is 2.33. The Kier molecular flexibility index (Phi) is 4.29. The lowest BCUT2D eigenvalue weighted by Gasteiger charge is -2.08. The highest BCUT2D eigenvalue weighted by molar-refractivity contribution is 5.93. The molecule has 2 rings (SSSR count). The van der Waals surface area contributed by atoms with Gasteiger partial charge >= 0.3 is 5.69 Å². The Morgan fingerprint density at radius 3 is 2.67 bits per heavy atom. The van der Waals surface area contributed by atoms with E-state index in [9.17, 15) is 14.4 Å². The molecule has 2 heterocycles. The molecule has 0 unspecified atom stereocenters. The van der Waals surface area contributed by atoms with E-state index in [4.69, 9.17) is 5.84 Å². The summed E-state index contributed by atoms with van der Waals surface area (Å²) in [5.41, 5.74) is 2.01. The molecule has 110 valence electrons. The van der Waals surface area contributed by atoms with Gasteiger partial charge in [0.1, 0.15) is 0 Å². The Labute approximate surface area is 119 Å². The maximum Gasteiger partial charge on any atom is 0.331 e. The number of hydrazine groups is 1. The summed E-state index contributed by atoms with van der Waals surface area (Å²) >= 11 is 0. The standard InChI is InChI=1S/C13H15N5O3/c1-2-17-6-5-11(19)18(13(17)21)8-10-4-3-9(7-15-10)12(20)16-14/h3-7H,2,8,14H2,1H3,(H,16,20). The van der Waals surface area contributed by atoms with Crippen LogP contribution in [0.15, 0.2) is 40.2 Å². The molecule has 0 saturated carbocycles. The number of pyridine rings is 1. The third-order valence-electron chi connectivity index (χ3n) is 3.02. The van der Waals surface area contributed by atoms with Gasteiger partial charge in [-0.1, -0.05) is 0 Å². The SMILES string of the molecule is CCn1ccc(=O)n(Cc2ccc(C(=O)NN)cn2)c1=O. The van der Waals surface area contributed by atoms with Crippen molar-refractivity contribution in [2.75, 3.05) is 0 Å². The molecule has 0 spiro atoms. The number of nitrogens with one attached hydrogen (secondary N) is 1. The van der Waals surface area contributed by atoms with Crippen LogP contribution in [0.4, 0.5) is 0 Å². The molecule has 0 fully saturated rings. The van der Waals surface area contributed by atoms with E-state index in [0.29, 0.717) is 17.8 Å². The van der Waals surface area contributed by atoms with Crippen molar-refractivity contribution in [3.63, 3.8) is 0 Å². The summed E-state index contributed by atoms with van der Waals surface area (Å²) < 4.78 is 2.52. The van der Waals surface area contributed by atoms with E-state index >= 15 is 0 Å². The van der Waals surface area contributed by atoms with E-state index in [0.717, 1.165) is 4.57 Å². The number of aryl methyl sites for hydroxylation is 1. The molecule has 0 saturated heterocycles. The van der Waals surface area contributed by atoms with Crippen molar-refractivity contribution < 1.29 is 4.79 Å². The van der Waals surface area contributed by atoms with Crippen LogP contribution in [0.25, 0.3) is 0 Å². The van der Waals surface area contributed by atoms with Gasteiger partial charge in [-0.2, -0.15) is 0 Å². The molecule has 1 amide bonds. The first-order valence-corrected chi connectivity index (χ1v) is 6.33. The van der Waals surface area contributed by atoms with E-state index in [-0.39, 0.29) is 6.54 Å². The van der Waals surface area contributed by atoms with Crippen molar-refractivity contribution in [2.24, 2.45) is 5.84 Å². The number of hydrogen-bond donors (Lipinski definition) is 2. The van der Waals surface area contributed by atoms with Crippen LogP contribution in [0.1, 0.15) is 23.0 Å². The van der Waals surface area contributed by atoms with Gasteiger partial charge in [0.05, 0.1) is 17.8 Å². The smallest absolute Gasteiger partial charge is 0.301 e. The predicted molar refractivity (Wildman–Crippen MR) is 75.6 cm³/mol. The van der Waals surface area contributed by atoms with E-state index in [1.54, 1.807) is 6.07 Å². The summed E-state index contributed by atoms with van der Waals surface area (Å²) in [7, 11) is 0. The average molecular weight is 289 g/mol. The lowest BCUT2D eigenvalue weighted by Crippen LogP contribution is -2.39. The lowest BCUT2D eigenvalue weighted by atomic mass is 10.2. The summed E-state index contributed by atoms with van der Waals surface area (Å²) in [6.07, 6.45) is 2.80. The van der Waals surface area contributed by atoms with Crippen LogP contribution in [-0.4, -0.2) is 20.0 Å². The van der Waals surface area contributed by atoms with Gasteiger partial charge < -0.3 is 4.57 Å². The fraction of sp³-hybridized carbons (Fsp3) is 0.231. The molecule has 0 aliphatic carbocycles. The fourth-order valence-electron chi connectivity index (χ4n) is 1.84. The van der Waals surface area contributed by atoms with Crippen LogP contribution in [0.3, 0.4) is 0 Å². The molecular formula is C13H15N5O3. The largest absolute Gasteiger partial charge is 0.331 e. The van der Waals surface area contributed by atoms with Crippen LogP contribution in [-0.2, 0) is 13.1 Å². The number of nitrogens with zero attached hydrogens (tertiary/aromatic N) is 3. The third-order valence-corrected chi connectivity index (χ3v) is 3.02. The topological polar surface area (TPSA) is 112 Å². The molecule has 0 bridgehead atoms. The summed E-state index contributed by atoms with van der Waals surface area (Å²) in [5.74, 6) is 4.56. The second kappa shape index (κ2) is 6.14. The Balaban J connectivity index is 2.33. The molecule has 2 aromatic rings. The minimum absolute atomic E-state index is 0.0447. The zero-order valence-corrected chi connectivity index (χ0v) is 11.4. The Bertz CT molecular complexity index is 761. The molecule has 21 heavy (non-hydrogen) atoms. The molecule has 8 heteroatoms. The number of carbonyl (C=O) groups excluding carboxylic acids is 1. The molecule has 0 radical (unpaired) electrons. The molecule has 2 aromatic heterocycles. The predicted octanol–water partition coefficient (Wildman–Crippen LogP) is -0.923. The van der Waals surface area contributed by atoms with Crippen LogP contribution >= 0.6 is 0 Å². The first-order valence-electron chi connectivity index (χ1n) is 6.33. The average Bonchev–Trinajstić information content (AvgIpc) is 2.51. The lowest BCUT2D eigenvalue weighted by molar-refractivity contribution is 0.0953. The fourth-order valence-corrected chi connectivity index (χ4v) is 1.84. The second-order valence-corrected chi connectivity index (χ2v) is 4.32. The van der Waals surface area contributed by atoms with Crippen molar-refractivity contribution in [1.82, 2.24) is 19.5 Å². The zero-order valence-electron chi connectivity index (χ0n) is 11.4. The van der Waals surface area contributed by atoms with Gasteiger partial charge in [-0.25, -0.2) is 10.6 Å². The Morgan fingerprint density at radius 1 is 1.33 bits per heavy atom. The number of amides is 1. The highest BCUT2D eigenvalue weighted by Crippen LogP contribution is 2.00. The summed E-state index contributed by atoms with van der Waals surface area (Å²) in [6, 6.07) is 4.43. The molecule has 0 atom stereocenters. The van der Waals surface area contributed by atoms with Crippen molar-refractivity contribution >= 4 is 5.91 Å². The molecular weight excluding hydrogens is 274 g/mol. The monoisotopic (exact) mass is 289 g/mol. The van der Waals surface area contributed by atoms with E-state index < -0.39 is 17.2 Å². The van der Waals surface area contributed by atoms with E-state index in [1.807, 2.05) is 12.3 Å². The number of carbonyl (C=O) groups is 1. The van der Waals surface area contributed by atoms with Crippen LogP contribution in [0.2, 0.25) is 0 Å².